The summed E-state index contributed by atoms with van der Waals surface area (Å²) in [6.07, 6.45) is 8.00. The van der Waals surface area contributed by atoms with Gasteiger partial charge in [-0.05, 0) is 20.3 Å². The Bertz CT molecular complexity index is 182. The summed E-state index contributed by atoms with van der Waals surface area (Å²) in [5, 5.41) is 0. The highest BCUT2D eigenvalue weighted by atomic mass is 16.5. The third kappa shape index (κ3) is 12.2. The summed E-state index contributed by atoms with van der Waals surface area (Å²) in [5.41, 5.74) is 0.00166. The average molecular weight is 244 g/mol. The molecule has 2 heteroatoms. The van der Waals surface area contributed by atoms with Crippen LogP contribution in [-0.4, -0.2) is 44.4 Å². The van der Waals surface area contributed by atoms with Crippen LogP contribution in [0.3, 0.4) is 0 Å². The lowest BCUT2D eigenvalue weighted by Gasteiger charge is -2.34. The van der Waals surface area contributed by atoms with Gasteiger partial charge in [-0.25, -0.2) is 0 Å². The molecule has 0 N–H and O–H groups in total. The van der Waals surface area contributed by atoms with E-state index in [2.05, 4.69) is 41.9 Å². The van der Waals surface area contributed by atoms with E-state index in [1.54, 1.807) is 0 Å². The van der Waals surface area contributed by atoms with E-state index in [-0.39, 0.29) is 5.60 Å². The lowest BCUT2D eigenvalue weighted by atomic mass is 10.1. The molecule has 2 nitrogen and oxygen atoms in total. The first kappa shape index (κ1) is 16.9. The van der Waals surface area contributed by atoms with Gasteiger partial charge in [-0.3, -0.25) is 0 Å². The van der Waals surface area contributed by atoms with Crippen LogP contribution in [0, 0.1) is 0 Å². The third-order valence-corrected chi connectivity index (χ3v) is 2.85. The number of rotatable bonds is 10. The molecule has 0 aromatic heterocycles. The molecule has 0 aromatic rings. The fourth-order valence-electron chi connectivity index (χ4n) is 2.42. The van der Waals surface area contributed by atoms with E-state index < -0.39 is 0 Å². The van der Waals surface area contributed by atoms with Crippen molar-refractivity contribution in [2.24, 2.45) is 0 Å². The first-order valence-corrected chi connectivity index (χ1v) is 7.21. The van der Waals surface area contributed by atoms with Gasteiger partial charge < -0.3 is 9.22 Å². The Hall–Kier alpha value is -0.0800. The van der Waals surface area contributed by atoms with E-state index in [1.807, 2.05) is 0 Å². The van der Waals surface area contributed by atoms with Crippen molar-refractivity contribution in [3.8, 4) is 0 Å². The zero-order valence-electron chi connectivity index (χ0n) is 13.0. The van der Waals surface area contributed by atoms with Crippen molar-refractivity contribution in [1.29, 1.82) is 0 Å². The van der Waals surface area contributed by atoms with Crippen LogP contribution in [-0.2, 0) is 4.74 Å². The fraction of sp³-hybridized carbons (Fsp3) is 1.00. The van der Waals surface area contributed by atoms with E-state index in [0.717, 1.165) is 17.6 Å². The van der Waals surface area contributed by atoms with Gasteiger partial charge in [0.05, 0.1) is 21.1 Å². The highest BCUT2D eigenvalue weighted by molar-refractivity contribution is 4.67. The second-order valence-corrected chi connectivity index (χ2v) is 6.82. The number of hydrogen-bond donors (Lipinski definition) is 0. The second kappa shape index (κ2) is 8.10. The summed E-state index contributed by atoms with van der Waals surface area (Å²) in [7, 11) is 6.65. The first-order valence-electron chi connectivity index (χ1n) is 7.21. The molecule has 0 unspecified atom stereocenters. The molecule has 0 saturated carbocycles. The highest BCUT2D eigenvalue weighted by Crippen LogP contribution is 2.14. The van der Waals surface area contributed by atoms with Gasteiger partial charge in [0.2, 0.25) is 0 Å². The first-order chi connectivity index (χ1) is 7.77. The standard InChI is InChI=1S/C15H34NO/c1-7-8-9-10-11-12-13-17-15(2,3)14-16(4,5)6/h7-14H2,1-6H3/q+1. The van der Waals surface area contributed by atoms with Crippen molar-refractivity contribution in [2.45, 2.75) is 64.9 Å². The van der Waals surface area contributed by atoms with E-state index >= 15 is 0 Å². The SMILES string of the molecule is CCCCCCCCOC(C)(C)C[N+](C)(C)C. The van der Waals surface area contributed by atoms with Crippen molar-refractivity contribution in [3.05, 3.63) is 0 Å². The summed E-state index contributed by atoms with van der Waals surface area (Å²) in [4.78, 5) is 0. The van der Waals surface area contributed by atoms with Crippen molar-refractivity contribution < 1.29 is 9.22 Å². The lowest BCUT2D eigenvalue weighted by Crippen LogP contribution is -2.47. The van der Waals surface area contributed by atoms with Crippen molar-refractivity contribution in [2.75, 3.05) is 34.3 Å². The summed E-state index contributed by atoms with van der Waals surface area (Å²) in [5.74, 6) is 0. The Morgan fingerprint density at radius 1 is 0.882 bits per heavy atom. The van der Waals surface area contributed by atoms with Crippen molar-refractivity contribution >= 4 is 0 Å². The Kier molecular flexibility index (Phi) is 8.06. The molecule has 0 aliphatic rings. The Morgan fingerprint density at radius 3 is 1.94 bits per heavy atom. The maximum Gasteiger partial charge on any atom is 0.111 e. The molecular weight excluding hydrogens is 210 g/mol. The minimum absolute atomic E-state index is 0.00166. The minimum Gasteiger partial charge on any atom is -0.370 e. The van der Waals surface area contributed by atoms with Crippen molar-refractivity contribution in [1.82, 2.24) is 0 Å². The predicted molar refractivity (Wildman–Crippen MR) is 76.3 cm³/mol. The number of nitrogens with zero attached hydrogens (tertiary/aromatic N) is 1. The maximum absolute atomic E-state index is 6.00. The van der Waals surface area contributed by atoms with Crippen LogP contribution in [0.1, 0.15) is 59.3 Å². The molecule has 0 aliphatic carbocycles. The summed E-state index contributed by atoms with van der Waals surface area (Å²) < 4.78 is 6.96. The molecule has 0 saturated heterocycles. The van der Waals surface area contributed by atoms with Crippen LogP contribution < -0.4 is 0 Å². The smallest absolute Gasteiger partial charge is 0.111 e. The quantitative estimate of drug-likeness (QED) is 0.419. The Morgan fingerprint density at radius 2 is 1.41 bits per heavy atom. The molecular formula is C15H34NO+. The number of ether oxygens (including phenoxy) is 1. The van der Waals surface area contributed by atoms with Gasteiger partial charge in [0.15, 0.2) is 0 Å². The van der Waals surface area contributed by atoms with Crippen LogP contribution in [0.25, 0.3) is 0 Å². The van der Waals surface area contributed by atoms with Crippen LogP contribution in [0.15, 0.2) is 0 Å². The summed E-state index contributed by atoms with van der Waals surface area (Å²) in [6, 6.07) is 0. The maximum atomic E-state index is 6.00. The van der Waals surface area contributed by atoms with Crippen LogP contribution in [0.5, 0.6) is 0 Å². The van der Waals surface area contributed by atoms with E-state index in [0.29, 0.717) is 0 Å². The van der Waals surface area contributed by atoms with E-state index in [4.69, 9.17) is 4.74 Å². The molecule has 0 fully saturated rings. The summed E-state index contributed by atoms with van der Waals surface area (Å²) in [6.45, 7) is 8.64. The minimum atomic E-state index is 0.00166. The monoisotopic (exact) mass is 244 g/mol. The van der Waals surface area contributed by atoms with Gasteiger partial charge in [0.1, 0.15) is 12.1 Å². The largest absolute Gasteiger partial charge is 0.370 e. The number of quaternary nitrogens is 1. The molecule has 17 heavy (non-hydrogen) atoms. The molecule has 104 valence electrons. The van der Waals surface area contributed by atoms with Gasteiger partial charge in [-0.2, -0.15) is 0 Å². The average Bonchev–Trinajstić information content (AvgIpc) is 2.12. The Labute approximate surface area is 109 Å². The molecule has 0 bridgehead atoms. The topological polar surface area (TPSA) is 9.23 Å². The number of hydrogen-bond acceptors (Lipinski definition) is 1. The van der Waals surface area contributed by atoms with Gasteiger partial charge in [-0.1, -0.05) is 39.0 Å². The normalized spacial score (nSPS) is 13.1. The van der Waals surface area contributed by atoms with Gasteiger partial charge in [0, 0.05) is 6.61 Å². The second-order valence-electron chi connectivity index (χ2n) is 6.82. The van der Waals surface area contributed by atoms with Crippen LogP contribution in [0.2, 0.25) is 0 Å². The zero-order valence-corrected chi connectivity index (χ0v) is 13.0. The summed E-state index contributed by atoms with van der Waals surface area (Å²) >= 11 is 0. The van der Waals surface area contributed by atoms with Gasteiger partial charge in [0.25, 0.3) is 0 Å². The molecule has 0 spiro atoms. The molecule has 0 radical (unpaired) electrons. The van der Waals surface area contributed by atoms with Crippen LogP contribution >= 0.6 is 0 Å². The third-order valence-electron chi connectivity index (χ3n) is 2.85. The van der Waals surface area contributed by atoms with E-state index in [9.17, 15) is 0 Å². The van der Waals surface area contributed by atoms with Crippen LogP contribution in [0.4, 0.5) is 0 Å². The molecule has 0 rings (SSSR count). The van der Waals surface area contributed by atoms with Gasteiger partial charge in [-0.15, -0.1) is 0 Å². The highest BCUT2D eigenvalue weighted by Gasteiger charge is 2.26. The Balaban J connectivity index is 3.52. The zero-order chi connectivity index (χ0) is 13.4. The van der Waals surface area contributed by atoms with E-state index in [1.165, 1.54) is 38.5 Å². The van der Waals surface area contributed by atoms with Gasteiger partial charge >= 0.3 is 0 Å². The van der Waals surface area contributed by atoms with Crippen molar-refractivity contribution in [3.63, 3.8) is 0 Å². The molecule has 0 aromatic carbocycles. The molecule has 0 aliphatic heterocycles. The lowest BCUT2D eigenvalue weighted by molar-refractivity contribution is -0.876. The molecule has 0 amide bonds. The molecule has 0 heterocycles. The molecule has 0 atom stereocenters. The number of unbranched alkanes of at least 4 members (excludes halogenated alkanes) is 5. The number of likely N-dealkylation sites (N-methyl/N-ethyl adjacent to an activating group) is 1. The fourth-order valence-corrected chi connectivity index (χ4v) is 2.42. The predicted octanol–water partition coefficient (Wildman–Crippen LogP) is 3.85.